The molecular formula is C12H23BrN4. The normalized spacial score (nSPS) is 15.2. The van der Waals surface area contributed by atoms with Crippen molar-refractivity contribution in [2.75, 3.05) is 5.33 Å². The Kier molecular flexibility index (Phi) is 6.12. The van der Waals surface area contributed by atoms with Gasteiger partial charge in [0, 0.05) is 17.9 Å². The topological polar surface area (TPSA) is 42.7 Å². The molecule has 0 fully saturated rings. The summed E-state index contributed by atoms with van der Waals surface area (Å²) in [6.07, 6.45) is 1.64. The second-order valence-electron chi connectivity index (χ2n) is 5.05. The van der Waals surface area contributed by atoms with E-state index in [1.807, 2.05) is 4.68 Å². The van der Waals surface area contributed by atoms with Crippen LogP contribution in [0.3, 0.4) is 0 Å². The zero-order valence-corrected chi connectivity index (χ0v) is 12.7. The van der Waals surface area contributed by atoms with E-state index in [1.54, 1.807) is 6.33 Å². The first-order chi connectivity index (χ1) is 8.04. The molecule has 98 valence electrons. The lowest BCUT2D eigenvalue weighted by Crippen LogP contribution is -2.33. The smallest absolute Gasteiger partial charge is 0.140 e. The van der Waals surface area contributed by atoms with Gasteiger partial charge in [0.25, 0.3) is 0 Å². The Balaban J connectivity index is 2.49. The Morgan fingerprint density at radius 1 is 1.35 bits per heavy atom. The summed E-state index contributed by atoms with van der Waals surface area (Å²) in [5.74, 6) is 2.22. The molecule has 1 rings (SSSR count). The summed E-state index contributed by atoms with van der Waals surface area (Å²) in [7, 11) is 0. The van der Waals surface area contributed by atoms with Gasteiger partial charge in [0.15, 0.2) is 0 Å². The number of nitrogens with one attached hydrogen (secondary N) is 1. The molecule has 0 aliphatic rings. The van der Waals surface area contributed by atoms with Crippen LogP contribution in [0.1, 0.15) is 33.5 Å². The van der Waals surface area contributed by atoms with E-state index in [4.69, 9.17) is 0 Å². The van der Waals surface area contributed by atoms with E-state index in [-0.39, 0.29) is 0 Å². The molecule has 0 amide bonds. The van der Waals surface area contributed by atoms with Gasteiger partial charge in [0.1, 0.15) is 12.2 Å². The largest absolute Gasteiger partial charge is 0.307 e. The maximum absolute atomic E-state index is 4.30. The van der Waals surface area contributed by atoms with Crippen molar-refractivity contribution in [1.82, 2.24) is 20.1 Å². The minimum atomic E-state index is 0.471. The lowest BCUT2D eigenvalue weighted by Gasteiger charge is -2.19. The van der Waals surface area contributed by atoms with Gasteiger partial charge in [0.2, 0.25) is 0 Å². The fraction of sp³-hybridized carbons (Fsp3) is 0.833. The molecule has 1 aromatic heterocycles. The molecular weight excluding hydrogens is 280 g/mol. The van der Waals surface area contributed by atoms with Gasteiger partial charge in [0.05, 0.1) is 6.54 Å². The van der Waals surface area contributed by atoms with Crippen molar-refractivity contribution in [1.29, 1.82) is 0 Å². The fourth-order valence-corrected chi connectivity index (χ4v) is 2.07. The zero-order chi connectivity index (χ0) is 12.8. The highest BCUT2D eigenvalue weighted by atomic mass is 79.9. The van der Waals surface area contributed by atoms with Crippen molar-refractivity contribution in [2.24, 2.45) is 11.8 Å². The van der Waals surface area contributed by atoms with Crippen LogP contribution >= 0.6 is 15.9 Å². The second-order valence-corrected chi connectivity index (χ2v) is 5.70. The summed E-state index contributed by atoms with van der Waals surface area (Å²) in [6, 6.07) is 0.471. The second kappa shape index (κ2) is 7.11. The number of halogens is 1. The monoisotopic (exact) mass is 302 g/mol. The van der Waals surface area contributed by atoms with Crippen molar-refractivity contribution in [3.8, 4) is 0 Å². The van der Waals surface area contributed by atoms with Gasteiger partial charge in [-0.2, -0.15) is 5.10 Å². The zero-order valence-electron chi connectivity index (χ0n) is 11.2. The Hall–Kier alpha value is -0.420. The van der Waals surface area contributed by atoms with Crippen molar-refractivity contribution in [2.45, 2.75) is 46.8 Å². The standard InChI is InChI=1S/C12H23BrN4/c1-9(2)7-17-12(15-8-16-17)6-14-11(4)10(3)5-13/h8-11,14H,5-7H2,1-4H3. The molecule has 17 heavy (non-hydrogen) atoms. The third kappa shape index (κ3) is 4.76. The highest BCUT2D eigenvalue weighted by Gasteiger charge is 2.12. The van der Waals surface area contributed by atoms with E-state index in [1.165, 1.54) is 0 Å². The maximum atomic E-state index is 4.30. The molecule has 1 heterocycles. The highest BCUT2D eigenvalue weighted by molar-refractivity contribution is 9.09. The molecule has 5 heteroatoms. The molecule has 4 nitrogen and oxygen atoms in total. The number of aromatic nitrogens is 3. The molecule has 0 aliphatic heterocycles. The van der Waals surface area contributed by atoms with Crippen LogP contribution in [-0.2, 0) is 13.1 Å². The first kappa shape index (κ1) is 14.6. The fourth-order valence-electron chi connectivity index (χ4n) is 1.51. The molecule has 2 unspecified atom stereocenters. The van der Waals surface area contributed by atoms with Crippen LogP contribution in [0.25, 0.3) is 0 Å². The van der Waals surface area contributed by atoms with Crippen molar-refractivity contribution < 1.29 is 0 Å². The van der Waals surface area contributed by atoms with E-state index >= 15 is 0 Å². The lowest BCUT2D eigenvalue weighted by atomic mass is 10.1. The van der Waals surface area contributed by atoms with Gasteiger partial charge in [-0.05, 0) is 18.8 Å². The molecule has 0 aliphatic carbocycles. The van der Waals surface area contributed by atoms with E-state index in [0.29, 0.717) is 17.9 Å². The average molecular weight is 303 g/mol. The van der Waals surface area contributed by atoms with Crippen molar-refractivity contribution in [3.05, 3.63) is 12.2 Å². The number of rotatable bonds is 7. The van der Waals surface area contributed by atoms with Crippen LogP contribution in [0.5, 0.6) is 0 Å². The van der Waals surface area contributed by atoms with E-state index in [0.717, 1.165) is 24.2 Å². The number of alkyl halides is 1. The molecule has 0 bridgehead atoms. The number of hydrogen-bond acceptors (Lipinski definition) is 3. The molecule has 0 radical (unpaired) electrons. The predicted molar refractivity (Wildman–Crippen MR) is 74.1 cm³/mol. The van der Waals surface area contributed by atoms with Gasteiger partial charge in [-0.1, -0.05) is 36.7 Å². The van der Waals surface area contributed by atoms with Gasteiger partial charge in [-0.25, -0.2) is 9.67 Å². The minimum absolute atomic E-state index is 0.471. The van der Waals surface area contributed by atoms with E-state index in [2.05, 4.69) is 59.0 Å². The quantitative estimate of drug-likeness (QED) is 0.787. The first-order valence-corrected chi connectivity index (χ1v) is 7.32. The van der Waals surface area contributed by atoms with Crippen molar-refractivity contribution >= 4 is 15.9 Å². The van der Waals surface area contributed by atoms with Crippen molar-refractivity contribution in [3.63, 3.8) is 0 Å². The summed E-state index contributed by atoms with van der Waals surface area (Å²) < 4.78 is 1.99. The Labute approximate surface area is 112 Å². The van der Waals surface area contributed by atoms with Crippen LogP contribution in [0.4, 0.5) is 0 Å². The predicted octanol–water partition coefficient (Wildman–Crippen LogP) is 2.44. The molecule has 1 N–H and O–H groups in total. The summed E-state index contributed by atoms with van der Waals surface area (Å²) >= 11 is 3.51. The van der Waals surface area contributed by atoms with Crippen LogP contribution in [0.2, 0.25) is 0 Å². The molecule has 2 atom stereocenters. The van der Waals surface area contributed by atoms with Crippen LogP contribution in [0, 0.1) is 11.8 Å². The van der Waals surface area contributed by atoms with Gasteiger partial charge >= 0.3 is 0 Å². The Morgan fingerprint density at radius 3 is 2.65 bits per heavy atom. The minimum Gasteiger partial charge on any atom is -0.307 e. The number of nitrogens with zero attached hydrogens (tertiary/aromatic N) is 3. The van der Waals surface area contributed by atoms with E-state index in [9.17, 15) is 0 Å². The Morgan fingerprint density at radius 2 is 2.06 bits per heavy atom. The third-order valence-electron chi connectivity index (χ3n) is 2.91. The van der Waals surface area contributed by atoms with E-state index < -0.39 is 0 Å². The van der Waals surface area contributed by atoms with Gasteiger partial charge in [-0.3, -0.25) is 0 Å². The Bertz CT molecular complexity index is 324. The SMILES string of the molecule is CC(C)Cn1ncnc1CNC(C)C(C)CBr. The molecule has 1 aromatic rings. The lowest BCUT2D eigenvalue weighted by molar-refractivity contribution is 0.407. The molecule has 0 spiro atoms. The number of hydrogen-bond donors (Lipinski definition) is 1. The maximum Gasteiger partial charge on any atom is 0.140 e. The third-order valence-corrected chi connectivity index (χ3v) is 3.93. The summed E-state index contributed by atoms with van der Waals surface area (Å²) in [4.78, 5) is 4.30. The highest BCUT2D eigenvalue weighted by Crippen LogP contribution is 2.07. The van der Waals surface area contributed by atoms with Gasteiger partial charge in [-0.15, -0.1) is 0 Å². The van der Waals surface area contributed by atoms with Crippen LogP contribution in [-0.4, -0.2) is 26.1 Å². The molecule has 0 aromatic carbocycles. The summed E-state index contributed by atoms with van der Waals surface area (Å²) in [5.41, 5.74) is 0. The van der Waals surface area contributed by atoms with Crippen LogP contribution < -0.4 is 5.32 Å². The average Bonchev–Trinajstić information content (AvgIpc) is 2.71. The summed E-state index contributed by atoms with van der Waals surface area (Å²) in [5, 5.41) is 8.77. The first-order valence-electron chi connectivity index (χ1n) is 6.20. The molecule has 0 saturated heterocycles. The molecule has 0 saturated carbocycles. The van der Waals surface area contributed by atoms with Crippen LogP contribution in [0.15, 0.2) is 6.33 Å². The van der Waals surface area contributed by atoms with Gasteiger partial charge < -0.3 is 5.32 Å². The summed E-state index contributed by atoms with van der Waals surface area (Å²) in [6.45, 7) is 10.5.